The van der Waals surface area contributed by atoms with Gasteiger partial charge >= 0.3 is 0 Å². The third-order valence-electron chi connectivity index (χ3n) is 5.12. The van der Waals surface area contributed by atoms with E-state index < -0.39 is 0 Å². The van der Waals surface area contributed by atoms with Crippen LogP contribution < -0.4 is 9.47 Å². The number of piperazine rings is 1. The van der Waals surface area contributed by atoms with Gasteiger partial charge in [0, 0.05) is 32.7 Å². The first-order chi connectivity index (χ1) is 12.8. The lowest BCUT2D eigenvalue weighted by Crippen LogP contribution is -2.45. The Kier molecular flexibility index (Phi) is 3.99. The average Bonchev–Trinajstić information content (AvgIpc) is 3.29. The van der Waals surface area contributed by atoms with E-state index in [1.54, 1.807) is 0 Å². The third-order valence-corrected chi connectivity index (χ3v) is 5.12. The lowest BCUT2D eigenvalue weighted by molar-refractivity contribution is 0.120. The monoisotopic (exact) mass is 350 g/mol. The van der Waals surface area contributed by atoms with Gasteiger partial charge in [-0.25, -0.2) is 4.98 Å². The second kappa shape index (κ2) is 6.63. The molecule has 6 nitrogen and oxygen atoms in total. The summed E-state index contributed by atoms with van der Waals surface area (Å²) in [6, 6.07) is 14.4. The number of aromatic nitrogens is 2. The predicted octanol–water partition coefficient (Wildman–Crippen LogP) is 2.61. The Morgan fingerprint density at radius 2 is 1.65 bits per heavy atom. The molecule has 2 aromatic carbocycles. The predicted molar refractivity (Wildman–Crippen MR) is 99.2 cm³/mol. The van der Waals surface area contributed by atoms with E-state index in [9.17, 15) is 0 Å². The molecule has 5 rings (SSSR count). The number of hydrogen-bond acceptors (Lipinski definition) is 5. The molecule has 0 spiro atoms. The second-order valence-electron chi connectivity index (χ2n) is 6.94. The molecule has 0 amide bonds. The number of nitrogens with zero attached hydrogens (tertiary/aromatic N) is 3. The van der Waals surface area contributed by atoms with Gasteiger partial charge < -0.3 is 14.5 Å². The topological polar surface area (TPSA) is 53.6 Å². The van der Waals surface area contributed by atoms with Gasteiger partial charge in [0.1, 0.15) is 5.82 Å². The van der Waals surface area contributed by atoms with E-state index in [-0.39, 0.29) is 0 Å². The largest absolute Gasteiger partial charge is 0.454 e. The third kappa shape index (κ3) is 3.13. The highest BCUT2D eigenvalue weighted by atomic mass is 16.7. The van der Waals surface area contributed by atoms with Crippen LogP contribution >= 0.6 is 0 Å². The first-order valence-corrected chi connectivity index (χ1v) is 9.10. The molecular formula is C20H22N4O2. The molecule has 2 aliphatic rings. The summed E-state index contributed by atoms with van der Waals surface area (Å²) in [4.78, 5) is 13.1. The number of benzene rings is 2. The van der Waals surface area contributed by atoms with E-state index in [2.05, 4.69) is 39.0 Å². The molecule has 1 fully saturated rings. The first-order valence-electron chi connectivity index (χ1n) is 9.10. The van der Waals surface area contributed by atoms with E-state index in [4.69, 9.17) is 14.5 Å². The summed E-state index contributed by atoms with van der Waals surface area (Å²) in [5.74, 6) is 2.77. The fourth-order valence-electron chi connectivity index (χ4n) is 3.70. The molecule has 3 aromatic rings. The van der Waals surface area contributed by atoms with Crippen LogP contribution in [-0.2, 0) is 13.1 Å². The van der Waals surface area contributed by atoms with Gasteiger partial charge in [-0.3, -0.25) is 9.80 Å². The number of ether oxygens (including phenoxy) is 2. The Balaban J connectivity index is 1.17. The van der Waals surface area contributed by atoms with Gasteiger partial charge in [-0.15, -0.1) is 0 Å². The summed E-state index contributed by atoms with van der Waals surface area (Å²) in [5, 5.41) is 0. The number of para-hydroxylation sites is 2. The maximum atomic E-state index is 5.48. The van der Waals surface area contributed by atoms with Crippen molar-refractivity contribution in [2.45, 2.75) is 13.1 Å². The Bertz CT molecular complexity index is 882. The van der Waals surface area contributed by atoms with Gasteiger partial charge in [0.25, 0.3) is 0 Å². The lowest BCUT2D eigenvalue weighted by atomic mass is 10.1. The van der Waals surface area contributed by atoms with Crippen molar-refractivity contribution in [3.8, 4) is 11.5 Å². The first kappa shape index (κ1) is 15.7. The molecular weight excluding hydrogens is 328 g/mol. The van der Waals surface area contributed by atoms with Crippen molar-refractivity contribution in [3.63, 3.8) is 0 Å². The maximum Gasteiger partial charge on any atom is 0.231 e. The smallest absolute Gasteiger partial charge is 0.231 e. The molecule has 26 heavy (non-hydrogen) atoms. The summed E-state index contributed by atoms with van der Waals surface area (Å²) in [5.41, 5.74) is 3.44. The van der Waals surface area contributed by atoms with Gasteiger partial charge in [0.15, 0.2) is 11.5 Å². The highest BCUT2D eigenvalue weighted by Gasteiger charge is 2.19. The summed E-state index contributed by atoms with van der Waals surface area (Å²) in [6.45, 7) is 6.41. The van der Waals surface area contributed by atoms with Gasteiger partial charge in [-0.05, 0) is 29.8 Å². The Hall–Kier alpha value is -2.57. The van der Waals surface area contributed by atoms with Crippen molar-refractivity contribution >= 4 is 11.0 Å². The van der Waals surface area contributed by atoms with Crippen molar-refractivity contribution < 1.29 is 9.47 Å². The summed E-state index contributed by atoms with van der Waals surface area (Å²) in [6.07, 6.45) is 0. The Morgan fingerprint density at radius 3 is 2.50 bits per heavy atom. The van der Waals surface area contributed by atoms with Crippen LogP contribution in [0.25, 0.3) is 11.0 Å². The molecule has 0 saturated carbocycles. The molecule has 0 aliphatic carbocycles. The summed E-state index contributed by atoms with van der Waals surface area (Å²) in [7, 11) is 0. The van der Waals surface area contributed by atoms with Gasteiger partial charge in [0.05, 0.1) is 17.6 Å². The SMILES string of the molecule is c1ccc2[nH]c(CN3CCN(Cc4ccc5c(c4)OCO5)CC3)nc2c1. The molecule has 0 unspecified atom stereocenters. The molecule has 6 heteroatoms. The molecule has 0 atom stereocenters. The number of fused-ring (bicyclic) bond motifs is 2. The number of imidazole rings is 1. The van der Waals surface area contributed by atoms with Gasteiger partial charge in [0.2, 0.25) is 6.79 Å². The molecule has 3 heterocycles. The van der Waals surface area contributed by atoms with Crippen LogP contribution in [0.5, 0.6) is 11.5 Å². The van der Waals surface area contributed by atoms with Crippen LogP contribution in [0.1, 0.15) is 11.4 Å². The van der Waals surface area contributed by atoms with E-state index in [0.717, 1.165) is 67.6 Å². The van der Waals surface area contributed by atoms with E-state index >= 15 is 0 Å². The molecule has 2 aliphatic heterocycles. The van der Waals surface area contributed by atoms with Gasteiger partial charge in [-0.1, -0.05) is 18.2 Å². The minimum Gasteiger partial charge on any atom is -0.454 e. The van der Waals surface area contributed by atoms with Crippen molar-refractivity contribution in [1.82, 2.24) is 19.8 Å². The number of nitrogens with one attached hydrogen (secondary N) is 1. The number of rotatable bonds is 4. The number of aromatic amines is 1. The van der Waals surface area contributed by atoms with Crippen molar-refractivity contribution in [2.75, 3.05) is 33.0 Å². The molecule has 0 bridgehead atoms. The van der Waals surface area contributed by atoms with E-state index in [1.807, 2.05) is 18.2 Å². The molecule has 1 saturated heterocycles. The zero-order valence-electron chi connectivity index (χ0n) is 14.6. The van der Waals surface area contributed by atoms with E-state index in [0.29, 0.717) is 6.79 Å². The lowest BCUT2D eigenvalue weighted by Gasteiger charge is -2.34. The number of H-pyrrole nitrogens is 1. The van der Waals surface area contributed by atoms with Crippen LogP contribution in [0.2, 0.25) is 0 Å². The highest BCUT2D eigenvalue weighted by molar-refractivity contribution is 5.74. The Morgan fingerprint density at radius 1 is 0.885 bits per heavy atom. The summed E-state index contributed by atoms with van der Waals surface area (Å²) < 4.78 is 10.9. The molecule has 1 N–H and O–H groups in total. The molecule has 1 aromatic heterocycles. The molecule has 0 radical (unpaired) electrons. The maximum absolute atomic E-state index is 5.48. The van der Waals surface area contributed by atoms with Crippen LogP contribution in [0.4, 0.5) is 0 Å². The van der Waals surface area contributed by atoms with E-state index in [1.165, 1.54) is 5.56 Å². The van der Waals surface area contributed by atoms with Crippen molar-refractivity contribution in [3.05, 3.63) is 53.9 Å². The van der Waals surface area contributed by atoms with Gasteiger partial charge in [-0.2, -0.15) is 0 Å². The van der Waals surface area contributed by atoms with Crippen molar-refractivity contribution in [2.24, 2.45) is 0 Å². The fourth-order valence-corrected chi connectivity index (χ4v) is 3.70. The number of hydrogen-bond donors (Lipinski definition) is 1. The van der Waals surface area contributed by atoms with Crippen LogP contribution in [0.3, 0.4) is 0 Å². The quantitative estimate of drug-likeness (QED) is 0.784. The average molecular weight is 350 g/mol. The Labute approximate surface area is 152 Å². The zero-order valence-corrected chi connectivity index (χ0v) is 14.6. The van der Waals surface area contributed by atoms with Crippen LogP contribution in [0.15, 0.2) is 42.5 Å². The van der Waals surface area contributed by atoms with Crippen molar-refractivity contribution in [1.29, 1.82) is 0 Å². The zero-order chi connectivity index (χ0) is 17.3. The summed E-state index contributed by atoms with van der Waals surface area (Å²) >= 11 is 0. The fraction of sp³-hybridized carbons (Fsp3) is 0.350. The second-order valence-corrected chi connectivity index (χ2v) is 6.94. The normalized spacial score (nSPS) is 17.8. The van der Waals surface area contributed by atoms with Crippen LogP contribution in [0, 0.1) is 0 Å². The standard InChI is InChI=1S/C20H22N4O2/c1-2-4-17-16(3-1)21-20(22-17)13-24-9-7-23(8-10-24)12-15-5-6-18-19(11-15)26-14-25-18/h1-6,11H,7-10,12-14H2,(H,21,22). The molecule has 134 valence electrons. The highest BCUT2D eigenvalue weighted by Crippen LogP contribution is 2.32. The van der Waals surface area contributed by atoms with Crippen LogP contribution in [-0.4, -0.2) is 52.7 Å². The minimum atomic E-state index is 0.333. The minimum absolute atomic E-state index is 0.333.